The van der Waals surface area contributed by atoms with Gasteiger partial charge in [-0.05, 0) is 25.0 Å². The van der Waals surface area contributed by atoms with E-state index >= 15 is 0 Å². The number of piperidine rings is 1. The molecule has 0 spiro atoms. The lowest BCUT2D eigenvalue weighted by Crippen LogP contribution is -2.45. The zero-order valence-corrected chi connectivity index (χ0v) is 10.6. The lowest BCUT2D eigenvalue weighted by Gasteiger charge is -2.29. The molecule has 1 fully saturated rings. The van der Waals surface area contributed by atoms with Crippen molar-refractivity contribution >= 4 is 10.0 Å². The summed E-state index contributed by atoms with van der Waals surface area (Å²) in [6.07, 6.45) is 2.92. The molecule has 2 N–H and O–H groups in total. The average Bonchev–Trinajstić information content (AvgIpc) is 2.38. The van der Waals surface area contributed by atoms with E-state index in [2.05, 4.69) is 4.98 Å². The van der Waals surface area contributed by atoms with E-state index in [9.17, 15) is 8.42 Å². The predicted octanol–water partition coefficient (Wildman–Crippen LogP) is 0.0651. The molecule has 6 nitrogen and oxygen atoms in total. The van der Waals surface area contributed by atoms with Gasteiger partial charge in [-0.3, -0.25) is 0 Å². The standard InChI is InChI=1S/C11H14N4O2S/c12-7-9-3-1-5-14-11(9)18(16,17)15-6-2-4-10(13)8-15/h1,3,5,10H,2,4,6,8,13H2/t10-/m1/s1. The Bertz CT molecular complexity index is 579. The first kappa shape index (κ1) is 13.0. The largest absolute Gasteiger partial charge is 0.327 e. The first-order valence-corrected chi connectivity index (χ1v) is 7.10. The predicted molar refractivity (Wildman–Crippen MR) is 64.9 cm³/mol. The van der Waals surface area contributed by atoms with Gasteiger partial charge in [-0.2, -0.15) is 9.57 Å². The lowest BCUT2D eigenvalue weighted by atomic mass is 10.1. The number of nitrogens with two attached hydrogens (primary N) is 1. The fourth-order valence-electron chi connectivity index (χ4n) is 2.00. The molecule has 1 aromatic rings. The van der Waals surface area contributed by atoms with E-state index in [1.54, 1.807) is 6.07 Å². The van der Waals surface area contributed by atoms with Crippen LogP contribution in [0.5, 0.6) is 0 Å². The molecule has 0 aromatic carbocycles. The topological polar surface area (TPSA) is 100 Å². The number of nitrogens with zero attached hydrogens (tertiary/aromatic N) is 3. The molecule has 1 saturated heterocycles. The molecule has 1 aliphatic rings. The fraction of sp³-hybridized carbons (Fsp3) is 0.455. The number of hydrogen-bond acceptors (Lipinski definition) is 5. The molecule has 1 atom stereocenters. The lowest BCUT2D eigenvalue weighted by molar-refractivity contribution is 0.315. The highest BCUT2D eigenvalue weighted by Crippen LogP contribution is 2.20. The van der Waals surface area contributed by atoms with Gasteiger partial charge in [0.25, 0.3) is 10.0 Å². The Labute approximate surface area is 106 Å². The molecular weight excluding hydrogens is 252 g/mol. The SMILES string of the molecule is N#Cc1cccnc1S(=O)(=O)N1CCC[C@@H](N)C1. The highest BCUT2D eigenvalue weighted by Gasteiger charge is 2.31. The third-order valence-corrected chi connectivity index (χ3v) is 4.72. The molecule has 1 aromatic heterocycles. The summed E-state index contributed by atoms with van der Waals surface area (Å²) in [6, 6.07) is 4.69. The van der Waals surface area contributed by atoms with Crippen LogP contribution in [-0.2, 0) is 10.0 Å². The van der Waals surface area contributed by atoms with Crippen LogP contribution in [-0.4, -0.2) is 36.8 Å². The summed E-state index contributed by atoms with van der Waals surface area (Å²) in [5.74, 6) is 0. The van der Waals surface area contributed by atoms with Crippen molar-refractivity contribution in [3.8, 4) is 6.07 Å². The van der Waals surface area contributed by atoms with Crippen LogP contribution in [0.1, 0.15) is 18.4 Å². The maximum Gasteiger partial charge on any atom is 0.261 e. The highest BCUT2D eigenvalue weighted by molar-refractivity contribution is 7.89. The van der Waals surface area contributed by atoms with Gasteiger partial charge in [0.15, 0.2) is 5.03 Å². The van der Waals surface area contributed by atoms with Crippen molar-refractivity contribution in [2.24, 2.45) is 5.73 Å². The van der Waals surface area contributed by atoms with E-state index in [1.165, 1.54) is 16.6 Å². The number of aromatic nitrogens is 1. The molecule has 2 heterocycles. The Kier molecular flexibility index (Phi) is 3.61. The fourth-order valence-corrected chi connectivity index (χ4v) is 3.58. The van der Waals surface area contributed by atoms with Crippen molar-refractivity contribution in [3.63, 3.8) is 0 Å². The average molecular weight is 266 g/mol. The summed E-state index contributed by atoms with van der Waals surface area (Å²) in [5, 5.41) is 8.76. The van der Waals surface area contributed by atoms with Gasteiger partial charge in [0, 0.05) is 25.3 Å². The van der Waals surface area contributed by atoms with Crippen LogP contribution in [0.15, 0.2) is 23.4 Å². The monoisotopic (exact) mass is 266 g/mol. The first-order chi connectivity index (χ1) is 8.55. The van der Waals surface area contributed by atoms with Gasteiger partial charge >= 0.3 is 0 Å². The van der Waals surface area contributed by atoms with E-state index in [-0.39, 0.29) is 23.2 Å². The van der Waals surface area contributed by atoms with Crippen molar-refractivity contribution in [1.29, 1.82) is 5.26 Å². The maximum absolute atomic E-state index is 12.4. The summed E-state index contributed by atoms with van der Waals surface area (Å²) in [7, 11) is -3.72. The normalized spacial score (nSPS) is 21.4. The first-order valence-electron chi connectivity index (χ1n) is 5.66. The van der Waals surface area contributed by atoms with Crippen molar-refractivity contribution in [2.45, 2.75) is 23.9 Å². The Morgan fingerprint density at radius 2 is 2.33 bits per heavy atom. The molecule has 7 heteroatoms. The molecule has 0 unspecified atom stereocenters. The van der Waals surface area contributed by atoms with Crippen LogP contribution in [0.25, 0.3) is 0 Å². The second-order valence-corrected chi connectivity index (χ2v) is 6.09. The molecular formula is C11H14N4O2S. The summed E-state index contributed by atoms with van der Waals surface area (Å²) >= 11 is 0. The second kappa shape index (κ2) is 5.02. The molecule has 0 aliphatic carbocycles. The summed E-state index contributed by atoms with van der Waals surface area (Å²) in [4.78, 5) is 3.83. The number of pyridine rings is 1. The third kappa shape index (κ3) is 2.36. The van der Waals surface area contributed by atoms with E-state index in [4.69, 9.17) is 11.0 Å². The Morgan fingerprint density at radius 1 is 1.56 bits per heavy atom. The second-order valence-electron chi connectivity index (χ2n) is 4.23. The van der Waals surface area contributed by atoms with Gasteiger partial charge in [-0.15, -0.1) is 0 Å². The van der Waals surface area contributed by atoms with Crippen molar-refractivity contribution < 1.29 is 8.42 Å². The zero-order valence-electron chi connectivity index (χ0n) is 9.78. The third-order valence-electron chi connectivity index (χ3n) is 2.90. The minimum Gasteiger partial charge on any atom is -0.327 e. The zero-order chi connectivity index (χ0) is 13.2. The molecule has 0 bridgehead atoms. The van der Waals surface area contributed by atoms with Gasteiger partial charge in [-0.1, -0.05) is 0 Å². The minimum atomic E-state index is -3.72. The van der Waals surface area contributed by atoms with Crippen LogP contribution < -0.4 is 5.73 Å². The summed E-state index contributed by atoms with van der Waals surface area (Å²) < 4.78 is 26.0. The quantitative estimate of drug-likeness (QED) is 0.816. The molecule has 18 heavy (non-hydrogen) atoms. The molecule has 0 radical (unpaired) electrons. The van der Waals surface area contributed by atoms with Crippen LogP contribution in [0.2, 0.25) is 0 Å². The molecule has 0 saturated carbocycles. The Hall–Kier alpha value is -1.49. The smallest absolute Gasteiger partial charge is 0.261 e. The van der Waals surface area contributed by atoms with E-state index in [0.29, 0.717) is 6.54 Å². The van der Waals surface area contributed by atoms with Crippen LogP contribution in [0.3, 0.4) is 0 Å². The van der Waals surface area contributed by atoms with Crippen molar-refractivity contribution in [1.82, 2.24) is 9.29 Å². The maximum atomic E-state index is 12.4. The number of nitriles is 1. The Morgan fingerprint density at radius 3 is 3.00 bits per heavy atom. The Balaban J connectivity index is 2.39. The van der Waals surface area contributed by atoms with Crippen LogP contribution >= 0.6 is 0 Å². The van der Waals surface area contributed by atoms with Gasteiger partial charge in [0.1, 0.15) is 6.07 Å². The molecule has 0 amide bonds. The summed E-state index contributed by atoms with van der Waals surface area (Å²) in [6.45, 7) is 0.710. The minimum absolute atomic E-state index is 0.0663. The number of sulfonamides is 1. The van der Waals surface area contributed by atoms with E-state index < -0.39 is 10.0 Å². The van der Waals surface area contributed by atoms with Gasteiger partial charge in [-0.25, -0.2) is 13.4 Å². The van der Waals surface area contributed by atoms with E-state index in [0.717, 1.165) is 12.8 Å². The van der Waals surface area contributed by atoms with Crippen LogP contribution in [0.4, 0.5) is 0 Å². The van der Waals surface area contributed by atoms with Gasteiger partial charge in [0.05, 0.1) is 5.56 Å². The van der Waals surface area contributed by atoms with Gasteiger partial charge < -0.3 is 5.73 Å². The molecule has 96 valence electrons. The van der Waals surface area contributed by atoms with Crippen molar-refractivity contribution in [3.05, 3.63) is 23.9 Å². The van der Waals surface area contributed by atoms with Crippen LogP contribution in [0, 0.1) is 11.3 Å². The van der Waals surface area contributed by atoms with Gasteiger partial charge in [0.2, 0.25) is 0 Å². The highest BCUT2D eigenvalue weighted by atomic mass is 32.2. The van der Waals surface area contributed by atoms with E-state index in [1.807, 2.05) is 6.07 Å². The molecule has 1 aliphatic heterocycles. The number of hydrogen-bond donors (Lipinski definition) is 1. The summed E-state index contributed by atoms with van der Waals surface area (Å²) in [5.41, 5.74) is 5.85. The van der Waals surface area contributed by atoms with Crippen molar-refractivity contribution in [2.75, 3.05) is 13.1 Å². The number of rotatable bonds is 2. The molecule has 2 rings (SSSR count).